The second-order valence-corrected chi connectivity index (χ2v) is 5.82. The van der Waals surface area contributed by atoms with E-state index in [4.69, 9.17) is 11.6 Å². The van der Waals surface area contributed by atoms with E-state index in [1.54, 1.807) is 18.0 Å². The van der Waals surface area contributed by atoms with Gasteiger partial charge in [0.05, 0.1) is 5.69 Å². The van der Waals surface area contributed by atoms with Gasteiger partial charge in [0, 0.05) is 17.0 Å². The molecule has 0 bridgehead atoms. The van der Waals surface area contributed by atoms with Crippen molar-refractivity contribution in [3.63, 3.8) is 0 Å². The van der Waals surface area contributed by atoms with Gasteiger partial charge in [-0.2, -0.15) is 0 Å². The van der Waals surface area contributed by atoms with Gasteiger partial charge in [-0.1, -0.05) is 41.6 Å². The number of nitrogens with zero attached hydrogens (tertiary/aromatic N) is 3. The highest BCUT2D eigenvalue weighted by Gasteiger charge is 2.03. The zero-order valence-corrected chi connectivity index (χ0v) is 12.7. The van der Waals surface area contributed by atoms with E-state index in [1.807, 2.05) is 54.6 Å². The first kappa shape index (κ1) is 14.0. The lowest BCUT2D eigenvalue weighted by molar-refractivity contribution is 0.931. The number of hydrogen-bond acceptors (Lipinski definition) is 4. The van der Waals surface area contributed by atoms with Crippen LogP contribution >= 0.6 is 23.4 Å². The van der Waals surface area contributed by atoms with E-state index >= 15 is 0 Å². The molecule has 5 heteroatoms. The standard InChI is InChI=1S/C16H12ClN3S/c17-13-6-4-12(5-7-13)11-21-16-9-8-15(19-20-16)14-3-1-2-10-18-14/h1-10H,11H2. The van der Waals surface area contributed by atoms with Gasteiger partial charge in [0.25, 0.3) is 0 Å². The molecule has 0 aliphatic rings. The van der Waals surface area contributed by atoms with Crippen LogP contribution in [0.3, 0.4) is 0 Å². The summed E-state index contributed by atoms with van der Waals surface area (Å²) in [7, 11) is 0. The van der Waals surface area contributed by atoms with Crippen molar-refractivity contribution < 1.29 is 0 Å². The first-order valence-electron chi connectivity index (χ1n) is 6.44. The highest BCUT2D eigenvalue weighted by molar-refractivity contribution is 7.98. The Labute approximate surface area is 132 Å². The molecular formula is C16H12ClN3S. The number of aromatic nitrogens is 3. The topological polar surface area (TPSA) is 38.7 Å². The summed E-state index contributed by atoms with van der Waals surface area (Å²) in [4.78, 5) is 4.26. The van der Waals surface area contributed by atoms with Gasteiger partial charge in [-0.3, -0.25) is 4.98 Å². The molecule has 3 nitrogen and oxygen atoms in total. The molecule has 0 amide bonds. The van der Waals surface area contributed by atoms with Crippen LogP contribution in [0, 0.1) is 0 Å². The minimum Gasteiger partial charge on any atom is -0.255 e. The molecule has 1 aromatic carbocycles. The van der Waals surface area contributed by atoms with Gasteiger partial charge in [0.1, 0.15) is 10.7 Å². The minimum absolute atomic E-state index is 0.753. The molecule has 0 spiro atoms. The van der Waals surface area contributed by atoms with E-state index in [2.05, 4.69) is 15.2 Å². The third-order valence-corrected chi connectivity index (χ3v) is 4.11. The molecule has 21 heavy (non-hydrogen) atoms. The molecule has 0 aliphatic heterocycles. The highest BCUT2D eigenvalue weighted by atomic mass is 35.5. The van der Waals surface area contributed by atoms with Crippen LogP contribution in [0.1, 0.15) is 5.56 Å². The number of hydrogen-bond donors (Lipinski definition) is 0. The average molecular weight is 314 g/mol. The van der Waals surface area contributed by atoms with Crippen LogP contribution in [0.2, 0.25) is 5.02 Å². The van der Waals surface area contributed by atoms with Crippen LogP contribution in [0.4, 0.5) is 0 Å². The molecule has 0 saturated carbocycles. The summed E-state index contributed by atoms with van der Waals surface area (Å²) < 4.78 is 0. The molecule has 2 aromatic heterocycles. The first-order valence-corrected chi connectivity index (χ1v) is 7.80. The first-order chi connectivity index (χ1) is 10.3. The molecule has 0 atom stereocenters. The van der Waals surface area contributed by atoms with Gasteiger partial charge in [0.15, 0.2) is 0 Å². The minimum atomic E-state index is 0.753. The smallest absolute Gasteiger partial charge is 0.119 e. The molecule has 0 unspecified atom stereocenters. The number of pyridine rings is 1. The Balaban J connectivity index is 1.66. The van der Waals surface area contributed by atoms with E-state index in [0.29, 0.717) is 0 Å². The average Bonchev–Trinajstić information content (AvgIpc) is 2.56. The normalized spacial score (nSPS) is 10.5. The van der Waals surface area contributed by atoms with Gasteiger partial charge in [-0.05, 0) is 42.0 Å². The quantitative estimate of drug-likeness (QED) is 0.665. The summed E-state index contributed by atoms with van der Waals surface area (Å²) in [5.41, 5.74) is 2.82. The molecular weight excluding hydrogens is 302 g/mol. The number of rotatable bonds is 4. The van der Waals surface area contributed by atoms with E-state index in [0.717, 1.165) is 27.2 Å². The molecule has 0 aliphatic carbocycles. The van der Waals surface area contributed by atoms with E-state index in [1.165, 1.54) is 5.56 Å². The lowest BCUT2D eigenvalue weighted by Crippen LogP contribution is -1.91. The third kappa shape index (κ3) is 3.80. The second-order valence-electron chi connectivity index (χ2n) is 4.39. The number of benzene rings is 1. The predicted molar refractivity (Wildman–Crippen MR) is 86.3 cm³/mol. The summed E-state index contributed by atoms with van der Waals surface area (Å²) in [6.45, 7) is 0. The van der Waals surface area contributed by atoms with Crippen molar-refractivity contribution in [3.8, 4) is 11.4 Å². The van der Waals surface area contributed by atoms with Crippen molar-refractivity contribution in [1.82, 2.24) is 15.2 Å². The molecule has 3 aromatic rings. The molecule has 104 valence electrons. The van der Waals surface area contributed by atoms with E-state index in [-0.39, 0.29) is 0 Å². The fraction of sp³-hybridized carbons (Fsp3) is 0.0625. The van der Waals surface area contributed by atoms with Crippen molar-refractivity contribution in [2.24, 2.45) is 0 Å². The Morgan fingerprint density at radius 2 is 1.71 bits per heavy atom. The summed E-state index contributed by atoms with van der Waals surface area (Å²) in [6, 6.07) is 17.5. The maximum Gasteiger partial charge on any atom is 0.119 e. The zero-order chi connectivity index (χ0) is 14.5. The molecule has 2 heterocycles. The van der Waals surface area contributed by atoms with Crippen LogP contribution < -0.4 is 0 Å². The van der Waals surface area contributed by atoms with Crippen LogP contribution in [0.15, 0.2) is 65.8 Å². The van der Waals surface area contributed by atoms with Gasteiger partial charge in [0.2, 0.25) is 0 Å². The monoisotopic (exact) mass is 313 g/mol. The maximum atomic E-state index is 5.87. The molecule has 0 N–H and O–H groups in total. The number of thioether (sulfide) groups is 1. The fourth-order valence-electron chi connectivity index (χ4n) is 1.79. The Kier molecular flexibility index (Phi) is 4.48. The Hall–Kier alpha value is -1.91. The Morgan fingerprint density at radius 3 is 2.38 bits per heavy atom. The van der Waals surface area contributed by atoms with Crippen molar-refractivity contribution in [2.75, 3.05) is 0 Å². The van der Waals surface area contributed by atoms with Crippen LogP contribution in [-0.4, -0.2) is 15.2 Å². The van der Waals surface area contributed by atoms with Crippen LogP contribution in [-0.2, 0) is 5.75 Å². The Bertz CT molecular complexity index is 700. The summed E-state index contributed by atoms with van der Waals surface area (Å²) in [5, 5.41) is 10.1. The van der Waals surface area contributed by atoms with Gasteiger partial charge in [-0.25, -0.2) is 0 Å². The van der Waals surface area contributed by atoms with Crippen molar-refractivity contribution in [3.05, 3.63) is 71.4 Å². The predicted octanol–water partition coefficient (Wildman–Crippen LogP) is 4.48. The molecule has 3 rings (SSSR count). The lowest BCUT2D eigenvalue weighted by Gasteiger charge is -2.02. The lowest BCUT2D eigenvalue weighted by atomic mass is 10.2. The summed E-state index contributed by atoms with van der Waals surface area (Å²) in [6.07, 6.45) is 1.75. The van der Waals surface area contributed by atoms with Crippen molar-refractivity contribution in [2.45, 2.75) is 10.8 Å². The van der Waals surface area contributed by atoms with E-state index in [9.17, 15) is 0 Å². The van der Waals surface area contributed by atoms with E-state index < -0.39 is 0 Å². The zero-order valence-electron chi connectivity index (χ0n) is 11.1. The molecule has 0 fully saturated rings. The summed E-state index contributed by atoms with van der Waals surface area (Å²) in [5.74, 6) is 0.842. The SMILES string of the molecule is Clc1ccc(CSc2ccc(-c3ccccn3)nn2)cc1. The third-order valence-electron chi connectivity index (χ3n) is 2.87. The number of halogens is 1. The highest BCUT2D eigenvalue weighted by Crippen LogP contribution is 2.22. The van der Waals surface area contributed by atoms with Gasteiger partial charge < -0.3 is 0 Å². The largest absolute Gasteiger partial charge is 0.255 e. The van der Waals surface area contributed by atoms with Gasteiger partial charge >= 0.3 is 0 Å². The fourth-order valence-corrected chi connectivity index (χ4v) is 2.68. The van der Waals surface area contributed by atoms with Crippen LogP contribution in [0.25, 0.3) is 11.4 Å². The van der Waals surface area contributed by atoms with Gasteiger partial charge in [-0.15, -0.1) is 10.2 Å². The maximum absolute atomic E-state index is 5.87. The van der Waals surface area contributed by atoms with Crippen molar-refractivity contribution >= 4 is 23.4 Å². The van der Waals surface area contributed by atoms with Crippen LogP contribution in [0.5, 0.6) is 0 Å². The second kappa shape index (κ2) is 6.70. The molecule has 0 saturated heterocycles. The van der Waals surface area contributed by atoms with Crippen molar-refractivity contribution in [1.29, 1.82) is 0 Å². The summed E-state index contributed by atoms with van der Waals surface area (Å²) >= 11 is 7.52. The Morgan fingerprint density at radius 1 is 0.857 bits per heavy atom. The molecule has 0 radical (unpaired) electrons.